The van der Waals surface area contributed by atoms with Gasteiger partial charge in [-0.25, -0.2) is 0 Å². The molecule has 6 nitrogen and oxygen atoms in total. The summed E-state index contributed by atoms with van der Waals surface area (Å²) in [6, 6.07) is 13.6. The standard InChI is InChI=1S/C27H31NO5/c1-17(2)16-33-20-14-12-18(13-15-20)25(29)23-24(21-10-6-7-11-22(21)32-3)28(27(31)26(23)30)19-8-4-5-9-19/h6-7,10-15,17,19,24,29H,4-5,8-9,16H2,1-3H3/b25-23-. The number of methoxy groups -OCH3 is 1. The Kier molecular flexibility index (Phi) is 6.72. The second-order valence-corrected chi connectivity index (χ2v) is 9.12. The van der Waals surface area contributed by atoms with Crippen LogP contribution in [-0.4, -0.2) is 41.5 Å². The number of hydrogen-bond acceptors (Lipinski definition) is 5. The molecule has 1 saturated heterocycles. The third-order valence-corrected chi connectivity index (χ3v) is 6.34. The van der Waals surface area contributed by atoms with Crippen LogP contribution in [0.1, 0.15) is 56.7 Å². The Morgan fingerprint density at radius 1 is 1.06 bits per heavy atom. The number of carbonyl (C=O) groups excluding carboxylic acids is 2. The predicted octanol–water partition coefficient (Wildman–Crippen LogP) is 5.09. The molecule has 2 aromatic carbocycles. The summed E-state index contributed by atoms with van der Waals surface area (Å²) in [6.07, 6.45) is 3.73. The lowest BCUT2D eigenvalue weighted by Crippen LogP contribution is -2.37. The lowest BCUT2D eigenvalue weighted by atomic mass is 9.94. The minimum atomic E-state index is -0.693. The minimum Gasteiger partial charge on any atom is -0.507 e. The Morgan fingerprint density at radius 3 is 2.36 bits per heavy atom. The highest BCUT2D eigenvalue weighted by molar-refractivity contribution is 6.46. The first-order valence-corrected chi connectivity index (χ1v) is 11.6. The van der Waals surface area contributed by atoms with E-state index in [1.54, 1.807) is 36.3 Å². The predicted molar refractivity (Wildman–Crippen MR) is 126 cm³/mol. The van der Waals surface area contributed by atoms with Crippen molar-refractivity contribution in [1.29, 1.82) is 0 Å². The van der Waals surface area contributed by atoms with Gasteiger partial charge in [0, 0.05) is 17.2 Å². The van der Waals surface area contributed by atoms with Crippen molar-refractivity contribution in [2.24, 2.45) is 5.92 Å². The largest absolute Gasteiger partial charge is 0.507 e. The number of carbonyl (C=O) groups is 2. The van der Waals surface area contributed by atoms with Crippen LogP contribution in [0.5, 0.6) is 11.5 Å². The summed E-state index contributed by atoms with van der Waals surface area (Å²) in [4.78, 5) is 28.1. The van der Waals surface area contributed by atoms with Gasteiger partial charge in [-0.2, -0.15) is 0 Å². The maximum atomic E-state index is 13.2. The van der Waals surface area contributed by atoms with E-state index in [1.165, 1.54) is 0 Å². The molecule has 1 N–H and O–H groups in total. The van der Waals surface area contributed by atoms with E-state index in [0.29, 0.717) is 35.2 Å². The highest BCUT2D eigenvalue weighted by atomic mass is 16.5. The quantitative estimate of drug-likeness (QED) is 0.362. The number of aliphatic hydroxyl groups excluding tert-OH is 1. The first kappa shape index (κ1) is 22.9. The molecule has 2 aromatic rings. The van der Waals surface area contributed by atoms with Crippen molar-refractivity contribution in [1.82, 2.24) is 4.90 Å². The fourth-order valence-electron chi connectivity index (χ4n) is 4.73. The zero-order valence-corrected chi connectivity index (χ0v) is 19.4. The van der Waals surface area contributed by atoms with E-state index < -0.39 is 17.7 Å². The number of hydrogen-bond donors (Lipinski definition) is 1. The smallest absolute Gasteiger partial charge is 0.295 e. The van der Waals surface area contributed by atoms with Crippen LogP contribution in [0.15, 0.2) is 54.1 Å². The van der Waals surface area contributed by atoms with Gasteiger partial charge in [0.25, 0.3) is 11.7 Å². The van der Waals surface area contributed by atoms with Gasteiger partial charge in [-0.3, -0.25) is 9.59 Å². The van der Waals surface area contributed by atoms with E-state index in [-0.39, 0.29) is 17.4 Å². The zero-order valence-electron chi connectivity index (χ0n) is 19.4. The molecule has 6 heteroatoms. The molecule has 1 aliphatic heterocycles. The molecule has 0 radical (unpaired) electrons. The number of ketones is 1. The highest BCUT2D eigenvalue weighted by Gasteiger charge is 2.50. The van der Waals surface area contributed by atoms with Crippen molar-refractivity contribution < 1.29 is 24.2 Å². The Labute approximate surface area is 194 Å². The van der Waals surface area contributed by atoms with Gasteiger partial charge >= 0.3 is 0 Å². The molecule has 1 aliphatic carbocycles. The molecule has 174 valence electrons. The molecular formula is C27H31NO5. The number of Topliss-reactive ketones (excluding diaryl/α,β-unsaturated/α-hetero) is 1. The Balaban J connectivity index is 1.79. The number of benzene rings is 2. The van der Waals surface area contributed by atoms with E-state index in [4.69, 9.17) is 9.47 Å². The maximum Gasteiger partial charge on any atom is 0.295 e. The van der Waals surface area contributed by atoms with Crippen LogP contribution >= 0.6 is 0 Å². The molecule has 4 rings (SSSR count). The molecule has 2 aliphatic rings. The molecule has 0 bridgehead atoms. The van der Waals surface area contributed by atoms with Crippen LogP contribution in [0, 0.1) is 5.92 Å². The summed E-state index contributed by atoms with van der Waals surface area (Å²) >= 11 is 0. The van der Waals surface area contributed by atoms with Crippen molar-refractivity contribution in [3.05, 3.63) is 65.2 Å². The fourth-order valence-corrected chi connectivity index (χ4v) is 4.73. The van der Waals surface area contributed by atoms with Crippen LogP contribution in [0.25, 0.3) is 5.76 Å². The normalized spacial score (nSPS) is 20.6. The van der Waals surface area contributed by atoms with Gasteiger partial charge in [0.05, 0.1) is 25.3 Å². The minimum absolute atomic E-state index is 0.0338. The van der Waals surface area contributed by atoms with Gasteiger partial charge < -0.3 is 19.5 Å². The molecular weight excluding hydrogens is 418 g/mol. The number of nitrogens with zero attached hydrogens (tertiary/aromatic N) is 1. The van der Waals surface area contributed by atoms with E-state index in [0.717, 1.165) is 25.7 Å². The van der Waals surface area contributed by atoms with E-state index in [2.05, 4.69) is 13.8 Å². The molecule has 1 amide bonds. The molecule has 1 saturated carbocycles. The summed E-state index contributed by atoms with van der Waals surface area (Å²) < 4.78 is 11.3. The lowest BCUT2D eigenvalue weighted by Gasteiger charge is -2.31. The summed E-state index contributed by atoms with van der Waals surface area (Å²) in [5.41, 5.74) is 1.27. The second kappa shape index (κ2) is 9.69. The van der Waals surface area contributed by atoms with Crippen LogP contribution in [0.2, 0.25) is 0 Å². The molecule has 1 heterocycles. The number of likely N-dealkylation sites (tertiary alicyclic amines) is 1. The second-order valence-electron chi connectivity index (χ2n) is 9.12. The van der Waals surface area contributed by atoms with Gasteiger partial charge in [-0.15, -0.1) is 0 Å². The van der Waals surface area contributed by atoms with Gasteiger partial charge in [0.1, 0.15) is 17.3 Å². The first-order valence-electron chi connectivity index (χ1n) is 11.6. The van der Waals surface area contributed by atoms with E-state index >= 15 is 0 Å². The van der Waals surface area contributed by atoms with Crippen LogP contribution in [0.3, 0.4) is 0 Å². The van der Waals surface area contributed by atoms with E-state index in [1.807, 2.05) is 24.3 Å². The van der Waals surface area contributed by atoms with Crippen LogP contribution in [0.4, 0.5) is 0 Å². The first-order chi connectivity index (χ1) is 15.9. The number of ether oxygens (including phenoxy) is 2. The Morgan fingerprint density at radius 2 is 1.73 bits per heavy atom. The van der Waals surface area contributed by atoms with Crippen molar-refractivity contribution >= 4 is 17.4 Å². The van der Waals surface area contributed by atoms with Gasteiger partial charge in [0.15, 0.2) is 0 Å². The molecule has 1 atom stereocenters. The Bertz CT molecular complexity index is 1050. The monoisotopic (exact) mass is 449 g/mol. The number of amides is 1. The van der Waals surface area contributed by atoms with Crippen molar-refractivity contribution in [3.63, 3.8) is 0 Å². The lowest BCUT2D eigenvalue weighted by molar-refractivity contribution is -0.141. The topological polar surface area (TPSA) is 76.1 Å². The third kappa shape index (κ3) is 4.47. The SMILES string of the molecule is COc1ccccc1C1/C(=C(/O)c2ccc(OCC(C)C)cc2)C(=O)C(=O)N1C1CCCC1. The molecule has 2 fully saturated rings. The molecule has 0 aromatic heterocycles. The Hall–Kier alpha value is -3.28. The summed E-state index contributed by atoms with van der Waals surface area (Å²) in [5.74, 6) is 0.265. The molecule has 0 spiro atoms. The summed E-state index contributed by atoms with van der Waals surface area (Å²) in [5, 5.41) is 11.3. The van der Waals surface area contributed by atoms with Crippen LogP contribution in [-0.2, 0) is 9.59 Å². The number of aliphatic hydroxyl groups is 1. The average molecular weight is 450 g/mol. The fraction of sp³-hybridized carbons (Fsp3) is 0.407. The van der Waals surface area contributed by atoms with E-state index in [9.17, 15) is 14.7 Å². The zero-order chi connectivity index (χ0) is 23.5. The maximum absolute atomic E-state index is 13.2. The van der Waals surface area contributed by atoms with Crippen molar-refractivity contribution in [2.75, 3.05) is 13.7 Å². The van der Waals surface area contributed by atoms with Crippen molar-refractivity contribution in [2.45, 2.75) is 51.6 Å². The summed E-state index contributed by atoms with van der Waals surface area (Å²) in [7, 11) is 1.57. The average Bonchev–Trinajstić information content (AvgIpc) is 3.44. The van der Waals surface area contributed by atoms with Gasteiger partial charge in [-0.05, 0) is 49.1 Å². The van der Waals surface area contributed by atoms with Crippen molar-refractivity contribution in [3.8, 4) is 11.5 Å². The highest BCUT2D eigenvalue weighted by Crippen LogP contribution is 2.45. The molecule has 33 heavy (non-hydrogen) atoms. The van der Waals surface area contributed by atoms with Gasteiger partial charge in [-0.1, -0.05) is 44.9 Å². The molecule has 1 unspecified atom stereocenters. The number of rotatable bonds is 7. The summed E-state index contributed by atoms with van der Waals surface area (Å²) in [6.45, 7) is 4.73. The van der Waals surface area contributed by atoms with Gasteiger partial charge in [0.2, 0.25) is 0 Å². The third-order valence-electron chi connectivity index (χ3n) is 6.34. The number of para-hydroxylation sites is 1. The van der Waals surface area contributed by atoms with Crippen LogP contribution < -0.4 is 9.47 Å².